The molecule has 4 rings (SSSR count). The van der Waals surface area contributed by atoms with Crippen molar-refractivity contribution in [3.63, 3.8) is 0 Å². The van der Waals surface area contributed by atoms with Gasteiger partial charge in [0.2, 0.25) is 0 Å². The summed E-state index contributed by atoms with van der Waals surface area (Å²) in [6.45, 7) is 0. The van der Waals surface area contributed by atoms with Crippen LogP contribution in [0.1, 0.15) is 10.4 Å². The summed E-state index contributed by atoms with van der Waals surface area (Å²) in [6.07, 6.45) is 5.04. The maximum absolute atomic E-state index is 12.6. The zero-order chi connectivity index (χ0) is 18.5. The fraction of sp³-hybridized carbons (Fsp3) is 0. The molecule has 0 unspecified atom stereocenters. The van der Waals surface area contributed by atoms with Crippen molar-refractivity contribution in [2.45, 2.75) is 9.79 Å². The highest BCUT2D eigenvalue weighted by atomic mass is 32.2. The fourth-order valence-electron chi connectivity index (χ4n) is 2.53. The van der Waals surface area contributed by atoms with Gasteiger partial charge in [-0.25, -0.2) is 9.67 Å². The van der Waals surface area contributed by atoms with Gasteiger partial charge in [0.05, 0.1) is 11.3 Å². The molecule has 2 aromatic heterocycles. The summed E-state index contributed by atoms with van der Waals surface area (Å²) in [6, 6.07) is 23.2. The molecule has 0 saturated carbocycles. The van der Waals surface area contributed by atoms with Crippen molar-refractivity contribution >= 4 is 23.4 Å². The summed E-state index contributed by atoms with van der Waals surface area (Å²) in [5.41, 5.74) is 1.26. The van der Waals surface area contributed by atoms with Gasteiger partial charge in [0.1, 0.15) is 0 Å². The van der Waals surface area contributed by atoms with Gasteiger partial charge in [0.15, 0.2) is 5.82 Å². The van der Waals surface area contributed by atoms with Gasteiger partial charge in [-0.2, -0.15) is 5.10 Å². The molecule has 1 N–H and O–H groups in total. The van der Waals surface area contributed by atoms with E-state index in [4.69, 9.17) is 0 Å². The molecule has 0 aliphatic heterocycles. The molecule has 0 saturated heterocycles. The molecule has 1 amide bonds. The number of anilines is 1. The summed E-state index contributed by atoms with van der Waals surface area (Å²) >= 11 is 1.61. The lowest BCUT2D eigenvalue weighted by molar-refractivity contribution is 0.102. The molecule has 0 fully saturated rings. The Morgan fingerprint density at radius 2 is 1.74 bits per heavy atom. The minimum Gasteiger partial charge on any atom is -0.321 e. The smallest absolute Gasteiger partial charge is 0.257 e. The molecule has 0 radical (unpaired) electrons. The Hall–Kier alpha value is -3.38. The Kier molecular flexibility index (Phi) is 4.98. The average molecular weight is 372 g/mol. The van der Waals surface area contributed by atoms with Gasteiger partial charge in [-0.3, -0.25) is 4.79 Å². The number of nitrogens with one attached hydrogen (secondary N) is 1. The Balaban J connectivity index is 1.51. The third-order valence-corrected chi connectivity index (χ3v) is 4.94. The SMILES string of the molecule is O=C(Nc1ccccc1Sc1ccccc1)c1ccc(-n2cccn2)nc1. The lowest BCUT2D eigenvalue weighted by Gasteiger charge is -2.11. The van der Waals surface area contributed by atoms with E-state index in [9.17, 15) is 4.79 Å². The first-order valence-corrected chi connectivity index (χ1v) is 9.20. The average Bonchev–Trinajstić information content (AvgIpc) is 3.25. The zero-order valence-corrected chi connectivity index (χ0v) is 15.1. The molecule has 5 nitrogen and oxygen atoms in total. The van der Waals surface area contributed by atoms with Crippen LogP contribution in [0.25, 0.3) is 5.82 Å². The van der Waals surface area contributed by atoms with E-state index >= 15 is 0 Å². The van der Waals surface area contributed by atoms with Crippen molar-refractivity contribution in [1.29, 1.82) is 0 Å². The van der Waals surface area contributed by atoms with Crippen molar-refractivity contribution in [2.75, 3.05) is 5.32 Å². The molecule has 27 heavy (non-hydrogen) atoms. The molecular weight excluding hydrogens is 356 g/mol. The number of carbonyl (C=O) groups is 1. The van der Waals surface area contributed by atoms with E-state index in [1.54, 1.807) is 47.2 Å². The van der Waals surface area contributed by atoms with Crippen molar-refractivity contribution < 1.29 is 4.79 Å². The second-order valence-electron chi connectivity index (χ2n) is 5.72. The first-order chi connectivity index (χ1) is 13.3. The van der Waals surface area contributed by atoms with Gasteiger partial charge in [0, 0.05) is 28.4 Å². The summed E-state index contributed by atoms with van der Waals surface area (Å²) in [4.78, 5) is 19.0. The summed E-state index contributed by atoms with van der Waals surface area (Å²) in [5.74, 6) is 0.465. The molecular formula is C21H16N4OS. The van der Waals surface area contributed by atoms with Crippen LogP contribution in [0.2, 0.25) is 0 Å². The van der Waals surface area contributed by atoms with Crippen LogP contribution in [0.4, 0.5) is 5.69 Å². The van der Waals surface area contributed by atoms with Gasteiger partial charge in [0.25, 0.3) is 5.91 Å². The van der Waals surface area contributed by atoms with Crippen LogP contribution in [0, 0.1) is 0 Å². The molecule has 0 aliphatic carbocycles. The Bertz CT molecular complexity index is 1030. The molecule has 4 aromatic rings. The van der Waals surface area contributed by atoms with Crippen LogP contribution in [-0.4, -0.2) is 20.7 Å². The fourth-order valence-corrected chi connectivity index (χ4v) is 3.45. The van der Waals surface area contributed by atoms with Crippen molar-refractivity contribution in [3.05, 3.63) is 97.0 Å². The number of hydrogen-bond acceptors (Lipinski definition) is 4. The first-order valence-electron chi connectivity index (χ1n) is 8.39. The van der Waals surface area contributed by atoms with Crippen LogP contribution in [-0.2, 0) is 0 Å². The maximum Gasteiger partial charge on any atom is 0.257 e. The molecule has 0 bridgehead atoms. The number of hydrogen-bond donors (Lipinski definition) is 1. The van der Waals surface area contributed by atoms with Gasteiger partial charge >= 0.3 is 0 Å². The minimum absolute atomic E-state index is 0.198. The van der Waals surface area contributed by atoms with Crippen LogP contribution in [0.5, 0.6) is 0 Å². The summed E-state index contributed by atoms with van der Waals surface area (Å²) in [5, 5.41) is 7.11. The zero-order valence-electron chi connectivity index (χ0n) is 14.3. The lowest BCUT2D eigenvalue weighted by Crippen LogP contribution is -2.13. The van der Waals surface area contributed by atoms with Crippen molar-refractivity contribution in [1.82, 2.24) is 14.8 Å². The van der Waals surface area contributed by atoms with E-state index in [1.165, 1.54) is 0 Å². The number of para-hydroxylation sites is 1. The third kappa shape index (κ3) is 4.07. The van der Waals surface area contributed by atoms with E-state index in [2.05, 4.69) is 15.4 Å². The number of pyridine rings is 1. The standard InChI is InChI=1S/C21H16N4OS/c26-21(16-11-12-20(22-15-16)25-14-6-13-23-25)24-18-9-4-5-10-19(18)27-17-7-2-1-3-8-17/h1-15H,(H,24,26). The maximum atomic E-state index is 12.6. The first kappa shape index (κ1) is 17.1. The van der Waals surface area contributed by atoms with E-state index in [0.717, 1.165) is 15.5 Å². The number of aromatic nitrogens is 3. The van der Waals surface area contributed by atoms with Crippen LogP contribution < -0.4 is 5.32 Å². The number of nitrogens with zero attached hydrogens (tertiary/aromatic N) is 3. The van der Waals surface area contributed by atoms with Crippen LogP contribution in [0.3, 0.4) is 0 Å². The highest BCUT2D eigenvalue weighted by Crippen LogP contribution is 2.33. The van der Waals surface area contributed by atoms with Crippen LogP contribution >= 0.6 is 11.8 Å². The van der Waals surface area contributed by atoms with Gasteiger partial charge in [-0.1, -0.05) is 42.1 Å². The highest BCUT2D eigenvalue weighted by Gasteiger charge is 2.11. The minimum atomic E-state index is -0.198. The molecule has 6 heteroatoms. The number of rotatable bonds is 5. The number of carbonyl (C=O) groups excluding carboxylic acids is 1. The predicted octanol–water partition coefficient (Wildman–Crippen LogP) is 4.67. The quantitative estimate of drug-likeness (QED) is 0.553. The topological polar surface area (TPSA) is 59.8 Å². The van der Waals surface area contributed by atoms with Crippen LogP contribution in [0.15, 0.2) is 101 Å². The van der Waals surface area contributed by atoms with E-state index < -0.39 is 0 Å². The molecule has 132 valence electrons. The Morgan fingerprint density at radius 1 is 0.926 bits per heavy atom. The lowest BCUT2D eigenvalue weighted by atomic mass is 10.2. The molecule has 0 spiro atoms. The van der Waals surface area contributed by atoms with Crippen molar-refractivity contribution in [2.24, 2.45) is 0 Å². The number of benzene rings is 2. The van der Waals surface area contributed by atoms with Gasteiger partial charge in [-0.05, 0) is 42.5 Å². The molecule has 0 aliphatic rings. The normalized spacial score (nSPS) is 10.5. The van der Waals surface area contributed by atoms with E-state index in [0.29, 0.717) is 11.4 Å². The Morgan fingerprint density at radius 3 is 2.48 bits per heavy atom. The monoisotopic (exact) mass is 372 g/mol. The van der Waals surface area contributed by atoms with Gasteiger partial charge in [-0.15, -0.1) is 0 Å². The highest BCUT2D eigenvalue weighted by molar-refractivity contribution is 7.99. The molecule has 2 aromatic carbocycles. The predicted molar refractivity (Wildman–Crippen MR) is 106 cm³/mol. The number of amides is 1. The molecule has 0 atom stereocenters. The largest absolute Gasteiger partial charge is 0.321 e. The molecule has 2 heterocycles. The second-order valence-corrected chi connectivity index (χ2v) is 6.84. The van der Waals surface area contributed by atoms with Crippen molar-refractivity contribution in [3.8, 4) is 5.82 Å². The summed E-state index contributed by atoms with van der Waals surface area (Å²) in [7, 11) is 0. The van der Waals surface area contributed by atoms with Gasteiger partial charge < -0.3 is 5.32 Å². The summed E-state index contributed by atoms with van der Waals surface area (Å²) < 4.78 is 1.65. The third-order valence-electron chi connectivity index (χ3n) is 3.86. The van der Waals surface area contributed by atoms with E-state index in [1.807, 2.05) is 60.7 Å². The Labute approximate surface area is 161 Å². The van der Waals surface area contributed by atoms with E-state index in [-0.39, 0.29) is 5.91 Å². The second kappa shape index (κ2) is 7.88.